The van der Waals surface area contributed by atoms with Gasteiger partial charge < -0.3 is 16.0 Å². The van der Waals surface area contributed by atoms with Crippen LogP contribution in [0.3, 0.4) is 0 Å². The van der Waals surface area contributed by atoms with E-state index in [2.05, 4.69) is 5.32 Å². The zero-order valence-electron chi connectivity index (χ0n) is 14.3. The van der Waals surface area contributed by atoms with Gasteiger partial charge in [-0.25, -0.2) is 0 Å². The van der Waals surface area contributed by atoms with Crippen LogP contribution in [0.15, 0.2) is 18.2 Å². The Morgan fingerprint density at radius 1 is 1.43 bits per heavy atom. The molecule has 2 unspecified atom stereocenters. The molecule has 1 heterocycles. The van der Waals surface area contributed by atoms with Gasteiger partial charge >= 0.3 is 0 Å². The molecule has 5 nitrogen and oxygen atoms in total. The van der Waals surface area contributed by atoms with E-state index in [1.807, 2.05) is 37.8 Å². The van der Waals surface area contributed by atoms with Crippen molar-refractivity contribution in [3.63, 3.8) is 0 Å². The fourth-order valence-corrected chi connectivity index (χ4v) is 2.89. The number of piperidine rings is 1. The molecule has 3 N–H and O–H groups in total. The van der Waals surface area contributed by atoms with Gasteiger partial charge in [0.25, 0.3) is 0 Å². The molecule has 1 saturated heterocycles. The second kappa shape index (κ2) is 7.49. The van der Waals surface area contributed by atoms with E-state index in [-0.39, 0.29) is 23.7 Å². The molecule has 126 valence electrons. The number of aryl methyl sites for hydroxylation is 1. The molecule has 2 atom stereocenters. The van der Waals surface area contributed by atoms with Gasteiger partial charge in [-0.1, -0.05) is 19.9 Å². The van der Waals surface area contributed by atoms with Crippen molar-refractivity contribution in [2.75, 3.05) is 24.1 Å². The maximum Gasteiger partial charge on any atom is 0.229 e. The smallest absolute Gasteiger partial charge is 0.229 e. The van der Waals surface area contributed by atoms with E-state index < -0.39 is 0 Å². The summed E-state index contributed by atoms with van der Waals surface area (Å²) in [5.41, 5.74) is 8.15. The highest BCUT2D eigenvalue weighted by Gasteiger charge is 2.30. The molecule has 1 aromatic carbocycles. The maximum absolute atomic E-state index is 12.5. The first-order valence-corrected chi connectivity index (χ1v) is 8.38. The van der Waals surface area contributed by atoms with Gasteiger partial charge in [0.2, 0.25) is 11.8 Å². The lowest BCUT2D eigenvalue weighted by Crippen LogP contribution is -2.45. The average Bonchev–Trinajstić information content (AvgIpc) is 2.56. The number of amides is 2. The Kier molecular flexibility index (Phi) is 5.64. The van der Waals surface area contributed by atoms with Gasteiger partial charge in [0.15, 0.2) is 0 Å². The molecule has 0 radical (unpaired) electrons. The highest BCUT2D eigenvalue weighted by atomic mass is 16.2. The van der Waals surface area contributed by atoms with Crippen molar-refractivity contribution in [3.8, 4) is 0 Å². The van der Waals surface area contributed by atoms with Crippen molar-refractivity contribution < 1.29 is 9.59 Å². The van der Waals surface area contributed by atoms with Crippen molar-refractivity contribution in [2.45, 2.75) is 40.0 Å². The third-order valence-electron chi connectivity index (χ3n) is 4.66. The minimum absolute atomic E-state index is 0.0213. The summed E-state index contributed by atoms with van der Waals surface area (Å²) in [4.78, 5) is 26.7. The summed E-state index contributed by atoms with van der Waals surface area (Å²) in [6, 6.07) is 5.49. The van der Waals surface area contributed by atoms with Gasteiger partial charge in [-0.2, -0.15) is 0 Å². The van der Waals surface area contributed by atoms with Gasteiger partial charge in [0.1, 0.15) is 0 Å². The summed E-state index contributed by atoms with van der Waals surface area (Å²) < 4.78 is 0. The zero-order valence-corrected chi connectivity index (χ0v) is 14.3. The molecule has 1 aliphatic rings. The summed E-state index contributed by atoms with van der Waals surface area (Å²) in [6.45, 7) is 7.16. The molecule has 2 rings (SSSR count). The quantitative estimate of drug-likeness (QED) is 0.839. The number of hydrogen-bond donors (Lipinski definition) is 2. The number of nitrogen functional groups attached to an aromatic ring is 1. The molecule has 2 amide bonds. The SMILES string of the molecule is CCC(C)C(=O)N1CCCC(C(=O)Nc2cc(N)ccc2C)C1. The van der Waals surface area contributed by atoms with Crippen LogP contribution in [0.1, 0.15) is 38.7 Å². The molecule has 0 saturated carbocycles. The van der Waals surface area contributed by atoms with Crippen LogP contribution in [0, 0.1) is 18.8 Å². The van der Waals surface area contributed by atoms with Gasteiger partial charge in [-0.3, -0.25) is 9.59 Å². The van der Waals surface area contributed by atoms with E-state index in [1.165, 1.54) is 0 Å². The van der Waals surface area contributed by atoms with Gasteiger partial charge in [-0.05, 0) is 43.9 Å². The van der Waals surface area contributed by atoms with Crippen molar-refractivity contribution >= 4 is 23.2 Å². The fourth-order valence-electron chi connectivity index (χ4n) is 2.89. The lowest BCUT2D eigenvalue weighted by Gasteiger charge is -2.33. The van der Waals surface area contributed by atoms with Gasteiger partial charge in [0.05, 0.1) is 5.92 Å². The van der Waals surface area contributed by atoms with Gasteiger partial charge in [0, 0.05) is 30.4 Å². The first kappa shape index (κ1) is 17.3. The largest absolute Gasteiger partial charge is 0.399 e. The number of nitrogens with two attached hydrogens (primary N) is 1. The summed E-state index contributed by atoms with van der Waals surface area (Å²) in [5.74, 6) is -0.00366. The molecule has 23 heavy (non-hydrogen) atoms. The van der Waals surface area contributed by atoms with Gasteiger partial charge in [-0.15, -0.1) is 0 Å². The number of likely N-dealkylation sites (tertiary alicyclic amines) is 1. The first-order chi connectivity index (χ1) is 10.9. The summed E-state index contributed by atoms with van der Waals surface area (Å²) in [6.07, 6.45) is 2.52. The second-order valence-corrected chi connectivity index (χ2v) is 6.50. The predicted octanol–water partition coefficient (Wildman–Crippen LogP) is 2.80. The number of hydrogen-bond acceptors (Lipinski definition) is 3. The highest BCUT2D eigenvalue weighted by molar-refractivity contribution is 5.94. The Balaban J connectivity index is 2.02. The topological polar surface area (TPSA) is 75.4 Å². The van der Waals surface area contributed by atoms with Crippen molar-refractivity contribution in [2.24, 2.45) is 11.8 Å². The van der Waals surface area contributed by atoms with Crippen molar-refractivity contribution in [3.05, 3.63) is 23.8 Å². The zero-order chi connectivity index (χ0) is 17.0. The Morgan fingerprint density at radius 2 is 2.17 bits per heavy atom. The third-order valence-corrected chi connectivity index (χ3v) is 4.66. The van der Waals surface area contributed by atoms with Crippen LogP contribution < -0.4 is 11.1 Å². The molecular formula is C18H27N3O2. The summed E-state index contributed by atoms with van der Waals surface area (Å²) in [7, 11) is 0. The van der Waals surface area contributed by atoms with Crippen LogP contribution in [-0.2, 0) is 9.59 Å². The lowest BCUT2D eigenvalue weighted by molar-refractivity contribution is -0.138. The molecule has 0 aromatic heterocycles. The van der Waals surface area contributed by atoms with Crippen molar-refractivity contribution in [1.82, 2.24) is 4.90 Å². The van der Waals surface area contributed by atoms with Crippen LogP contribution in [0.2, 0.25) is 0 Å². The fraction of sp³-hybridized carbons (Fsp3) is 0.556. The van der Waals surface area contributed by atoms with E-state index in [4.69, 9.17) is 5.73 Å². The predicted molar refractivity (Wildman–Crippen MR) is 93.0 cm³/mol. The van der Waals surface area contributed by atoms with E-state index in [9.17, 15) is 9.59 Å². The van der Waals surface area contributed by atoms with Crippen molar-refractivity contribution in [1.29, 1.82) is 0 Å². The van der Waals surface area contributed by atoms with E-state index in [0.29, 0.717) is 12.2 Å². The molecule has 1 fully saturated rings. The normalized spacial score (nSPS) is 19.3. The first-order valence-electron chi connectivity index (χ1n) is 8.38. The maximum atomic E-state index is 12.5. The van der Waals surface area contributed by atoms with Crippen LogP contribution in [-0.4, -0.2) is 29.8 Å². The minimum atomic E-state index is -0.155. The number of nitrogens with one attached hydrogen (secondary N) is 1. The number of rotatable bonds is 4. The summed E-state index contributed by atoms with van der Waals surface area (Å²) in [5, 5.41) is 2.97. The lowest BCUT2D eigenvalue weighted by atomic mass is 9.95. The van der Waals surface area contributed by atoms with E-state index in [1.54, 1.807) is 6.07 Å². The Labute approximate surface area is 138 Å². The minimum Gasteiger partial charge on any atom is -0.399 e. The molecule has 5 heteroatoms. The molecule has 1 aromatic rings. The van der Waals surface area contributed by atoms with E-state index in [0.717, 1.165) is 37.1 Å². The van der Waals surface area contributed by atoms with E-state index >= 15 is 0 Å². The molecule has 0 spiro atoms. The average molecular weight is 317 g/mol. The standard InChI is InChI=1S/C18H27N3O2/c1-4-12(2)18(23)21-9-5-6-14(11-21)17(22)20-16-10-15(19)8-7-13(16)3/h7-8,10,12,14H,4-6,9,11,19H2,1-3H3,(H,20,22). The number of nitrogens with zero attached hydrogens (tertiary/aromatic N) is 1. The number of benzene rings is 1. The highest BCUT2D eigenvalue weighted by Crippen LogP contribution is 2.23. The molecule has 0 bridgehead atoms. The monoisotopic (exact) mass is 317 g/mol. The second-order valence-electron chi connectivity index (χ2n) is 6.50. The Bertz CT molecular complexity index is 586. The van der Waals surface area contributed by atoms with Crippen LogP contribution in [0.25, 0.3) is 0 Å². The molecule has 0 aliphatic carbocycles. The number of anilines is 2. The van der Waals surface area contributed by atoms with Crippen LogP contribution >= 0.6 is 0 Å². The Morgan fingerprint density at radius 3 is 2.87 bits per heavy atom. The molecule has 1 aliphatic heterocycles. The van der Waals surface area contributed by atoms with Crippen LogP contribution in [0.5, 0.6) is 0 Å². The number of carbonyl (C=O) groups is 2. The third kappa shape index (κ3) is 4.24. The summed E-state index contributed by atoms with van der Waals surface area (Å²) >= 11 is 0. The van der Waals surface area contributed by atoms with Crippen LogP contribution in [0.4, 0.5) is 11.4 Å². The Hall–Kier alpha value is -2.04. The number of carbonyl (C=O) groups excluding carboxylic acids is 2. The molecular weight excluding hydrogens is 290 g/mol.